The van der Waals surface area contributed by atoms with Crippen molar-refractivity contribution in [2.45, 2.75) is 20.5 Å². The van der Waals surface area contributed by atoms with Crippen LogP contribution in [-0.4, -0.2) is 24.2 Å². The average molecular weight is 306 g/mol. The Kier molecular flexibility index (Phi) is 6.42. The topological polar surface area (TPSA) is 58.6 Å². The highest BCUT2D eigenvalue weighted by Gasteiger charge is 2.12. The van der Waals surface area contributed by atoms with E-state index in [1.807, 2.05) is 13.8 Å². The third-order valence-corrected chi connectivity index (χ3v) is 2.81. The molecule has 1 amide bonds. The number of aliphatic hydroxyl groups excluding tert-OH is 1. The molecule has 0 aliphatic rings. The molecule has 0 spiro atoms. The highest BCUT2D eigenvalue weighted by molar-refractivity contribution is 6.35. The predicted molar refractivity (Wildman–Crippen MR) is 75.7 cm³/mol. The van der Waals surface area contributed by atoms with Crippen molar-refractivity contribution in [2.24, 2.45) is 5.92 Å². The smallest absolute Gasteiger partial charge is 0.257 e. The maximum Gasteiger partial charge on any atom is 0.257 e. The molecule has 0 fully saturated rings. The number of amides is 1. The van der Waals surface area contributed by atoms with Crippen LogP contribution in [-0.2, 0) is 11.4 Å². The number of nitrogens with one attached hydrogen (secondary N) is 1. The lowest BCUT2D eigenvalue weighted by molar-refractivity contribution is -0.123. The summed E-state index contributed by atoms with van der Waals surface area (Å²) in [5.41, 5.74) is 0.453. The number of hydrogen-bond acceptors (Lipinski definition) is 3. The van der Waals surface area contributed by atoms with Gasteiger partial charge in [0.15, 0.2) is 6.61 Å². The second-order valence-corrected chi connectivity index (χ2v) is 5.36. The van der Waals surface area contributed by atoms with Crippen molar-refractivity contribution in [3.05, 3.63) is 27.7 Å². The third kappa shape index (κ3) is 5.27. The van der Waals surface area contributed by atoms with E-state index in [2.05, 4.69) is 5.32 Å². The Labute approximate surface area is 122 Å². The van der Waals surface area contributed by atoms with Crippen LogP contribution in [0.5, 0.6) is 5.75 Å². The van der Waals surface area contributed by atoms with Crippen LogP contribution in [0.3, 0.4) is 0 Å². The van der Waals surface area contributed by atoms with Crippen LogP contribution < -0.4 is 10.1 Å². The molecule has 0 unspecified atom stereocenters. The van der Waals surface area contributed by atoms with Crippen molar-refractivity contribution < 1.29 is 14.6 Å². The van der Waals surface area contributed by atoms with Gasteiger partial charge in [-0.15, -0.1) is 0 Å². The Morgan fingerprint density at radius 1 is 1.42 bits per heavy atom. The van der Waals surface area contributed by atoms with Crippen molar-refractivity contribution >= 4 is 29.1 Å². The van der Waals surface area contributed by atoms with Crippen LogP contribution in [0.15, 0.2) is 12.1 Å². The Bertz CT molecular complexity index is 450. The van der Waals surface area contributed by atoms with Gasteiger partial charge in [0.05, 0.1) is 11.6 Å². The summed E-state index contributed by atoms with van der Waals surface area (Å²) < 4.78 is 5.35. The van der Waals surface area contributed by atoms with Crippen LogP contribution >= 0.6 is 23.2 Å². The molecule has 0 saturated carbocycles. The SMILES string of the molecule is CC(C)CNC(=O)COc1c(Cl)cc(Cl)cc1CO. The lowest BCUT2D eigenvalue weighted by Crippen LogP contribution is -2.31. The molecular weight excluding hydrogens is 289 g/mol. The van der Waals surface area contributed by atoms with E-state index in [0.717, 1.165) is 0 Å². The van der Waals surface area contributed by atoms with E-state index in [0.29, 0.717) is 23.0 Å². The Morgan fingerprint density at radius 2 is 2.11 bits per heavy atom. The van der Waals surface area contributed by atoms with Gasteiger partial charge in [-0.3, -0.25) is 4.79 Å². The first-order chi connectivity index (χ1) is 8.93. The Balaban J connectivity index is 2.65. The molecule has 0 aliphatic heterocycles. The van der Waals surface area contributed by atoms with Gasteiger partial charge in [0.1, 0.15) is 5.75 Å². The third-order valence-electron chi connectivity index (χ3n) is 2.31. The summed E-state index contributed by atoms with van der Waals surface area (Å²) >= 11 is 11.8. The average Bonchev–Trinajstić information content (AvgIpc) is 2.34. The van der Waals surface area contributed by atoms with E-state index in [9.17, 15) is 9.90 Å². The summed E-state index contributed by atoms with van der Waals surface area (Å²) in [5, 5.41) is 12.6. The maximum absolute atomic E-state index is 11.5. The summed E-state index contributed by atoms with van der Waals surface area (Å²) in [6.45, 7) is 4.18. The molecule has 0 atom stereocenters. The number of halogens is 2. The van der Waals surface area contributed by atoms with Gasteiger partial charge in [-0.25, -0.2) is 0 Å². The lowest BCUT2D eigenvalue weighted by Gasteiger charge is -2.13. The fraction of sp³-hybridized carbons (Fsp3) is 0.462. The van der Waals surface area contributed by atoms with Crippen LogP contribution in [0.1, 0.15) is 19.4 Å². The first-order valence-electron chi connectivity index (χ1n) is 5.92. The zero-order valence-electron chi connectivity index (χ0n) is 10.9. The number of hydrogen-bond donors (Lipinski definition) is 2. The molecule has 0 aliphatic carbocycles. The molecule has 0 bridgehead atoms. The van der Waals surface area contributed by atoms with E-state index < -0.39 is 0 Å². The number of carbonyl (C=O) groups excluding carboxylic acids is 1. The first-order valence-corrected chi connectivity index (χ1v) is 6.68. The van der Waals surface area contributed by atoms with Gasteiger partial charge in [0, 0.05) is 17.1 Å². The van der Waals surface area contributed by atoms with Gasteiger partial charge in [-0.1, -0.05) is 37.0 Å². The number of rotatable bonds is 6. The summed E-state index contributed by atoms with van der Waals surface area (Å²) in [7, 11) is 0. The molecule has 0 heterocycles. The van der Waals surface area contributed by atoms with E-state index in [-0.39, 0.29) is 29.9 Å². The second-order valence-electron chi connectivity index (χ2n) is 4.52. The monoisotopic (exact) mass is 305 g/mol. The first kappa shape index (κ1) is 16.1. The van der Waals surface area contributed by atoms with E-state index >= 15 is 0 Å². The van der Waals surface area contributed by atoms with Crippen LogP contribution in [0.25, 0.3) is 0 Å². The van der Waals surface area contributed by atoms with Gasteiger partial charge in [0.25, 0.3) is 5.91 Å². The quantitative estimate of drug-likeness (QED) is 0.849. The van der Waals surface area contributed by atoms with E-state index in [4.69, 9.17) is 27.9 Å². The summed E-state index contributed by atoms with van der Waals surface area (Å²) in [6.07, 6.45) is 0. The fourth-order valence-electron chi connectivity index (χ4n) is 1.40. The lowest BCUT2D eigenvalue weighted by atomic mass is 10.2. The van der Waals surface area contributed by atoms with Crippen molar-refractivity contribution in [1.82, 2.24) is 5.32 Å². The van der Waals surface area contributed by atoms with Crippen molar-refractivity contribution in [1.29, 1.82) is 0 Å². The van der Waals surface area contributed by atoms with E-state index in [1.165, 1.54) is 6.07 Å². The molecular formula is C13H17Cl2NO3. The van der Waals surface area contributed by atoms with Gasteiger partial charge >= 0.3 is 0 Å². The minimum absolute atomic E-state index is 0.152. The number of ether oxygens (including phenoxy) is 1. The minimum atomic E-state index is -0.261. The zero-order valence-corrected chi connectivity index (χ0v) is 12.4. The molecule has 0 saturated heterocycles. The normalized spacial score (nSPS) is 10.6. The molecule has 0 radical (unpaired) electrons. The minimum Gasteiger partial charge on any atom is -0.482 e. The van der Waals surface area contributed by atoms with Crippen molar-refractivity contribution in [2.75, 3.05) is 13.2 Å². The number of benzene rings is 1. The molecule has 106 valence electrons. The van der Waals surface area contributed by atoms with Gasteiger partial charge in [-0.2, -0.15) is 0 Å². The summed E-state index contributed by atoms with van der Waals surface area (Å²) in [4.78, 5) is 11.5. The highest BCUT2D eigenvalue weighted by Crippen LogP contribution is 2.32. The van der Waals surface area contributed by atoms with Gasteiger partial charge in [-0.05, 0) is 18.1 Å². The molecule has 4 nitrogen and oxygen atoms in total. The predicted octanol–water partition coefficient (Wildman–Crippen LogP) is 2.64. The fourth-order valence-corrected chi connectivity index (χ4v) is 1.99. The summed E-state index contributed by atoms with van der Waals surface area (Å²) in [5.74, 6) is 0.424. The highest BCUT2D eigenvalue weighted by atomic mass is 35.5. The molecule has 1 aromatic rings. The molecule has 1 aromatic carbocycles. The molecule has 0 aromatic heterocycles. The van der Waals surface area contributed by atoms with Crippen LogP contribution in [0, 0.1) is 5.92 Å². The standard InChI is InChI=1S/C13H17Cl2NO3/c1-8(2)5-16-12(18)7-19-13-9(6-17)3-10(14)4-11(13)15/h3-4,8,17H,5-7H2,1-2H3,(H,16,18). The molecule has 6 heteroatoms. The van der Waals surface area contributed by atoms with Crippen molar-refractivity contribution in [3.8, 4) is 5.75 Å². The molecule has 1 rings (SSSR count). The molecule has 19 heavy (non-hydrogen) atoms. The van der Waals surface area contributed by atoms with Gasteiger partial charge < -0.3 is 15.2 Å². The van der Waals surface area contributed by atoms with Crippen LogP contribution in [0.2, 0.25) is 10.0 Å². The second kappa shape index (κ2) is 7.58. The maximum atomic E-state index is 11.5. The van der Waals surface area contributed by atoms with Crippen LogP contribution in [0.4, 0.5) is 0 Å². The van der Waals surface area contributed by atoms with Gasteiger partial charge in [0.2, 0.25) is 0 Å². The summed E-state index contributed by atoms with van der Waals surface area (Å²) in [6, 6.07) is 3.05. The molecule has 2 N–H and O–H groups in total. The van der Waals surface area contributed by atoms with Crippen molar-refractivity contribution in [3.63, 3.8) is 0 Å². The Morgan fingerprint density at radius 3 is 2.68 bits per heavy atom. The largest absolute Gasteiger partial charge is 0.482 e. The Hall–Kier alpha value is -0.970. The zero-order chi connectivity index (χ0) is 14.4. The number of carbonyl (C=O) groups is 1. The van der Waals surface area contributed by atoms with E-state index in [1.54, 1.807) is 6.07 Å². The number of aliphatic hydroxyl groups is 1.